The largest absolute Gasteiger partial charge is 0.354 e. The molecule has 3 aromatic carbocycles. The van der Waals surface area contributed by atoms with Crippen LogP contribution < -0.4 is 9.62 Å². The molecule has 3 aromatic rings. The van der Waals surface area contributed by atoms with Crippen LogP contribution in [0.15, 0.2) is 92.7 Å². The fourth-order valence-electron chi connectivity index (χ4n) is 3.64. The predicted octanol–water partition coefficient (Wildman–Crippen LogP) is 5.35. The van der Waals surface area contributed by atoms with Crippen molar-refractivity contribution >= 4 is 59.4 Å². The number of hydrogen-bond donors (Lipinski definition) is 1. The van der Waals surface area contributed by atoms with E-state index in [-0.39, 0.29) is 17.3 Å². The van der Waals surface area contributed by atoms with E-state index in [4.69, 9.17) is 0 Å². The van der Waals surface area contributed by atoms with Gasteiger partial charge in [0.15, 0.2) is 0 Å². The number of nitrogens with zero attached hydrogens (tertiary/aromatic N) is 2. The average Bonchev–Trinajstić information content (AvgIpc) is 2.89. The number of hydrogen-bond acceptors (Lipinski definition) is 4. The summed E-state index contributed by atoms with van der Waals surface area (Å²) in [5, 5.41) is 2.83. The van der Waals surface area contributed by atoms with Crippen LogP contribution in [0.25, 0.3) is 0 Å². The van der Waals surface area contributed by atoms with Gasteiger partial charge in [0.05, 0.1) is 10.6 Å². The second-order valence-corrected chi connectivity index (χ2v) is 12.1. The molecule has 0 heterocycles. The van der Waals surface area contributed by atoms with Gasteiger partial charge in [-0.05, 0) is 61.4 Å². The van der Waals surface area contributed by atoms with Gasteiger partial charge in [-0.1, -0.05) is 75.2 Å². The minimum Gasteiger partial charge on any atom is -0.354 e. The first kappa shape index (κ1) is 28.9. The molecule has 0 aliphatic rings. The number of halogens is 2. The molecular formula is C27H29Br2N3O4S. The van der Waals surface area contributed by atoms with Crippen molar-refractivity contribution in [1.82, 2.24) is 10.2 Å². The van der Waals surface area contributed by atoms with E-state index in [0.29, 0.717) is 16.7 Å². The second kappa shape index (κ2) is 13.2. The van der Waals surface area contributed by atoms with Gasteiger partial charge in [0.25, 0.3) is 10.0 Å². The molecule has 0 bridgehead atoms. The third kappa shape index (κ3) is 7.66. The Balaban J connectivity index is 2.00. The Morgan fingerprint density at radius 2 is 1.59 bits per heavy atom. The molecule has 0 unspecified atom stereocenters. The molecule has 0 saturated carbocycles. The Morgan fingerprint density at radius 1 is 0.919 bits per heavy atom. The molecule has 10 heteroatoms. The molecule has 1 atom stereocenters. The maximum Gasteiger partial charge on any atom is 0.264 e. The number of carbonyl (C=O) groups is 2. The third-order valence-electron chi connectivity index (χ3n) is 5.69. The number of rotatable bonds is 11. The Bertz CT molecular complexity index is 1320. The van der Waals surface area contributed by atoms with Crippen LogP contribution >= 0.6 is 31.9 Å². The lowest BCUT2D eigenvalue weighted by molar-refractivity contribution is -0.139. The van der Waals surface area contributed by atoms with Crippen LogP contribution in [0, 0.1) is 0 Å². The topological polar surface area (TPSA) is 86.8 Å². The van der Waals surface area contributed by atoms with E-state index in [9.17, 15) is 18.0 Å². The Kier molecular flexibility index (Phi) is 10.3. The third-order valence-corrected chi connectivity index (χ3v) is 8.50. The van der Waals surface area contributed by atoms with Crippen LogP contribution in [0.5, 0.6) is 0 Å². The van der Waals surface area contributed by atoms with E-state index in [1.54, 1.807) is 49.4 Å². The summed E-state index contributed by atoms with van der Waals surface area (Å²) in [6.07, 6.45) is 0.755. The zero-order valence-corrected chi connectivity index (χ0v) is 24.6. The lowest BCUT2D eigenvalue weighted by Crippen LogP contribution is -2.51. The summed E-state index contributed by atoms with van der Waals surface area (Å²) in [6, 6.07) is 21.3. The lowest BCUT2D eigenvalue weighted by Gasteiger charge is -2.32. The first-order chi connectivity index (χ1) is 17.6. The molecule has 0 aliphatic carbocycles. The van der Waals surface area contributed by atoms with Crippen molar-refractivity contribution in [2.24, 2.45) is 0 Å². The van der Waals surface area contributed by atoms with Crippen molar-refractivity contribution in [3.05, 3.63) is 93.4 Å². The molecule has 0 aromatic heterocycles. The van der Waals surface area contributed by atoms with E-state index >= 15 is 0 Å². The molecule has 0 saturated heterocycles. The van der Waals surface area contributed by atoms with Gasteiger partial charge >= 0.3 is 0 Å². The second-order valence-electron chi connectivity index (χ2n) is 8.42. The summed E-state index contributed by atoms with van der Waals surface area (Å²) < 4.78 is 30.0. The zero-order valence-electron chi connectivity index (χ0n) is 20.6. The number of nitrogens with one attached hydrogen (secondary N) is 1. The van der Waals surface area contributed by atoms with E-state index in [1.807, 2.05) is 31.2 Å². The van der Waals surface area contributed by atoms with Gasteiger partial charge in [0.1, 0.15) is 12.6 Å². The molecule has 0 aliphatic heterocycles. The summed E-state index contributed by atoms with van der Waals surface area (Å²) in [7, 11) is -4.08. The first-order valence-electron chi connectivity index (χ1n) is 11.8. The fourth-order valence-corrected chi connectivity index (χ4v) is 5.72. The highest BCUT2D eigenvalue weighted by Crippen LogP contribution is 2.27. The minimum atomic E-state index is -4.08. The summed E-state index contributed by atoms with van der Waals surface area (Å²) in [5.41, 5.74) is 1.14. The molecule has 0 spiro atoms. The lowest BCUT2D eigenvalue weighted by atomic mass is 10.1. The van der Waals surface area contributed by atoms with Crippen LogP contribution in [0.4, 0.5) is 5.69 Å². The molecule has 196 valence electrons. The quantitative estimate of drug-likeness (QED) is 0.303. The molecular weight excluding hydrogens is 622 g/mol. The van der Waals surface area contributed by atoms with E-state index < -0.39 is 28.5 Å². The normalized spacial score (nSPS) is 12.0. The summed E-state index contributed by atoms with van der Waals surface area (Å²) in [5.74, 6) is -0.797. The summed E-state index contributed by atoms with van der Waals surface area (Å²) >= 11 is 6.80. The number of benzene rings is 3. The molecule has 0 fully saturated rings. The maximum absolute atomic E-state index is 13.8. The smallest absolute Gasteiger partial charge is 0.264 e. The van der Waals surface area contributed by atoms with Gasteiger partial charge in [0.2, 0.25) is 11.8 Å². The van der Waals surface area contributed by atoms with Gasteiger partial charge < -0.3 is 10.2 Å². The Morgan fingerprint density at radius 3 is 2.22 bits per heavy atom. The number of anilines is 1. The van der Waals surface area contributed by atoms with Gasteiger partial charge in [0, 0.05) is 22.0 Å². The summed E-state index contributed by atoms with van der Waals surface area (Å²) in [6.45, 7) is 3.74. The SMILES string of the molecule is CCCNC(=O)[C@@H](C)N(Cc1ccc(Br)cc1)C(=O)CN(c1cccc(Br)c1)S(=O)(=O)c1ccccc1. The fraction of sp³-hybridized carbons (Fsp3) is 0.259. The van der Waals surface area contributed by atoms with Crippen molar-refractivity contribution in [3.8, 4) is 0 Å². The van der Waals surface area contributed by atoms with Gasteiger partial charge in [-0.25, -0.2) is 8.42 Å². The number of amides is 2. The van der Waals surface area contributed by atoms with E-state index in [2.05, 4.69) is 37.2 Å². The van der Waals surface area contributed by atoms with Crippen molar-refractivity contribution in [1.29, 1.82) is 0 Å². The Hall–Kier alpha value is -2.69. The molecule has 37 heavy (non-hydrogen) atoms. The number of carbonyl (C=O) groups excluding carboxylic acids is 2. The molecule has 1 N–H and O–H groups in total. The maximum atomic E-state index is 13.8. The highest BCUT2D eigenvalue weighted by atomic mass is 79.9. The molecule has 3 rings (SSSR count). The van der Waals surface area contributed by atoms with Crippen LogP contribution in [0.3, 0.4) is 0 Å². The van der Waals surface area contributed by atoms with Crippen LogP contribution in [0.2, 0.25) is 0 Å². The Labute approximate surface area is 235 Å². The van der Waals surface area contributed by atoms with Crippen LogP contribution in [0.1, 0.15) is 25.8 Å². The van der Waals surface area contributed by atoms with Crippen molar-refractivity contribution < 1.29 is 18.0 Å². The summed E-state index contributed by atoms with van der Waals surface area (Å²) in [4.78, 5) is 28.1. The standard InChI is InChI=1S/C27H29Br2N3O4S/c1-3-16-30-27(34)20(2)31(18-21-12-14-22(28)15-13-21)26(33)19-32(24-9-7-8-23(29)17-24)37(35,36)25-10-5-4-6-11-25/h4-15,17,20H,3,16,18-19H2,1-2H3,(H,30,34)/t20-/m1/s1. The highest BCUT2D eigenvalue weighted by Gasteiger charge is 2.32. The highest BCUT2D eigenvalue weighted by molar-refractivity contribution is 9.10. The minimum absolute atomic E-state index is 0.0657. The van der Waals surface area contributed by atoms with Crippen molar-refractivity contribution in [2.45, 2.75) is 37.8 Å². The average molecular weight is 651 g/mol. The van der Waals surface area contributed by atoms with Crippen LogP contribution in [-0.4, -0.2) is 44.3 Å². The van der Waals surface area contributed by atoms with E-state index in [1.165, 1.54) is 17.0 Å². The van der Waals surface area contributed by atoms with Gasteiger partial charge in [-0.15, -0.1) is 0 Å². The first-order valence-corrected chi connectivity index (χ1v) is 14.8. The molecule has 7 nitrogen and oxygen atoms in total. The predicted molar refractivity (Wildman–Crippen MR) is 153 cm³/mol. The van der Waals surface area contributed by atoms with Crippen LogP contribution in [-0.2, 0) is 26.2 Å². The van der Waals surface area contributed by atoms with Crippen molar-refractivity contribution in [3.63, 3.8) is 0 Å². The van der Waals surface area contributed by atoms with E-state index in [0.717, 1.165) is 20.8 Å². The van der Waals surface area contributed by atoms with Gasteiger partial charge in [-0.2, -0.15) is 0 Å². The zero-order chi connectivity index (χ0) is 27.0. The van der Waals surface area contributed by atoms with Crippen molar-refractivity contribution in [2.75, 3.05) is 17.4 Å². The monoisotopic (exact) mass is 649 g/mol. The number of sulfonamides is 1. The van der Waals surface area contributed by atoms with Gasteiger partial charge in [-0.3, -0.25) is 13.9 Å². The molecule has 0 radical (unpaired) electrons. The molecule has 2 amide bonds.